The molecule has 0 amide bonds. The van der Waals surface area contributed by atoms with E-state index in [2.05, 4.69) is 0 Å². The zero-order chi connectivity index (χ0) is 9.84. The van der Waals surface area contributed by atoms with E-state index in [1.54, 1.807) is 18.2 Å². The van der Waals surface area contributed by atoms with Crippen LogP contribution >= 0.6 is 23.2 Å². The van der Waals surface area contributed by atoms with Gasteiger partial charge in [-0.25, -0.2) is 0 Å². The topological polar surface area (TPSA) is 33.1 Å². The third kappa shape index (κ3) is 2.21. The van der Waals surface area contributed by atoms with Crippen LogP contribution in [0.4, 0.5) is 0 Å². The summed E-state index contributed by atoms with van der Waals surface area (Å²) in [5.41, 5.74) is 0.642. The van der Waals surface area contributed by atoms with Gasteiger partial charge < -0.3 is 10.1 Å². The first-order chi connectivity index (χ1) is 6.20. The lowest BCUT2D eigenvalue weighted by Gasteiger charge is -2.13. The van der Waals surface area contributed by atoms with Crippen LogP contribution in [0.25, 0.3) is 0 Å². The smallest absolute Gasteiger partial charge is 0.119 e. The van der Waals surface area contributed by atoms with Crippen LogP contribution in [0, 0.1) is 5.41 Å². The average Bonchev–Trinajstić information content (AvgIpc) is 2.11. The van der Waals surface area contributed by atoms with Crippen LogP contribution in [0.1, 0.15) is 11.7 Å². The Morgan fingerprint density at radius 2 is 1.92 bits per heavy atom. The van der Waals surface area contributed by atoms with E-state index in [9.17, 15) is 0 Å². The van der Waals surface area contributed by atoms with E-state index in [0.29, 0.717) is 15.6 Å². The molecule has 0 heterocycles. The summed E-state index contributed by atoms with van der Waals surface area (Å²) in [6.07, 6.45) is 0.689. The lowest BCUT2D eigenvalue weighted by Crippen LogP contribution is -2.03. The molecule has 1 unspecified atom stereocenters. The molecule has 0 bridgehead atoms. The normalized spacial score (nSPS) is 12.5. The number of halogens is 2. The molecule has 0 aromatic heterocycles. The second-order valence-corrected chi connectivity index (χ2v) is 3.27. The maximum Gasteiger partial charge on any atom is 0.119 e. The van der Waals surface area contributed by atoms with Crippen LogP contribution < -0.4 is 0 Å². The van der Waals surface area contributed by atoms with Gasteiger partial charge >= 0.3 is 0 Å². The van der Waals surface area contributed by atoms with E-state index < -0.39 is 6.10 Å². The van der Waals surface area contributed by atoms with Crippen molar-refractivity contribution in [2.75, 3.05) is 7.11 Å². The summed E-state index contributed by atoms with van der Waals surface area (Å²) in [7, 11) is 1.51. The number of nitrogens with one attached hydrogen (secondary N) is 1. The molecular weight excluding hydrogens is 209 g/mol. The number of methoxy groups -OCH3 is 1. The lowest BCUT2D eigenvalue weighted by molar-refractivity contribution is 0.161. The standard InChI is InChI=1S/C9H9Cl2NO/c1-13-8(5-12)9-6(10)3-2-4-7(9)11/h2-5,8,12H,1H3. The van der Waals surface area contributed by atoms with Crippen LogP contribution in [-0.2, 0) is 4.74 Å². The fourth-order valence-electron chi connectivity index (χ4n) is 1.05. The van der Waals surface area contributed by atoms with Crippen LogP contribution in [0.2, 0.25) is 10.0 Å². The molecule has 1 aromatic carbocycles. The molecule has 0 spiro atoms. The monoisotopic (exact) mass is 217 g/mol. The molecular formula is C9H9Cl2NO. The van der Waals surface area contributed by atoms with Crippen molar-refractivity contribution < 1.29 is 4.74 Å². The van der Waals surface area contributed by atoms with Gasteiger partial charge in [0.2, 0.25) is 0 Å². The van der Waals surface area contributed by atoms with Crippen molar-refractivity contribution in [3.63, 3.8) is 0 Å². The van der Waals surface area contributed by atoms with Gasteiger partial charge in [-0.2, -0.15) is 0 Å². The Hall–Kier alpha value is -0.570. The largest absolute Gasteiger partial charge is 0.371 e. The second-order valence-electron chi connectivity index (χ2n) is 2.46. The summed E-state index contributed by atoms with van der Waals surface area (Å²) in [6, 6.07) is 5.20. The molecule has 1 rings (SSSR count). The summed E-state index contributed by atoms with van der Waals surface area (Å²) in [6.45, 7) is 0. The predicted molar refractivity (Wildman–Crippen MR) is 55.0 cm³/mol. The van der Waals surface area contributed by atoms with E-state index in [1.807, 2.05) is 0 Å². The van der Waals surface area contributed by atoms with Crippen LogP contribution in [-0.4, -0.2) is 13.3 Å². The molecule has 0 fully saturated rings. The van der Waals surface area contributed by atoms with Gasteiger partial charge in [0.05, 0.1) is 0 Å². The van der Waals surface area contributed by atoms with Crippen molar-refractivity contribution in [2.24, 2.45) is 0 Å². The van der Waals surface area contributed by atoms with E-state index >= 15 is 0 Å². The molecule has 0 saturated heterocycles. The summed E-state index contributed by atoms with van der Waals surface area (Å²) < 4.78 is 5.04. The highest BCUT2D eigenvalue weighted by Crippen LogP contribution is 2.30. The van der Waals surface area contributed by atoms with Gasteiger partial charge in [-0.3, -0.25) is 0 Å². The van der Waals surface area contributed by atoms with Gasteiger partial charge in [-0.15, -0.1) is 0 Å². The molecule has 0 aliphatic rings. The van der Waals surface area contributed by atoms with E-state index in [0.717, 1.165) is 6.21 Å². The van der Waals surface area contributed by atoms with Gasteiger partial charge in [-0.1, -0.05) is 29.3 Å². The minimum Gasteiger partial charge on any atom is -0.371 e. The zero-order valence-electron chi connectivity index (χ0n) is 7.05. The molecule has 0 aliphatic heterocycles. The molecule has 0 aliphatic carbocycles. The summed E-state index contributed by atoms with van der Waals surface area (Å²) in [5.74, 6) is 0. The SMILES string of the molecule is COC(C=N)c1c(Cl)cccc1Cl. The van der Waals surface area contributed by atoms with Crippen LogP contribution in [0.5, 0.6) is 0 Å². The molecule has 1 N–H and O–H groups in total. The second kappa shape index (κ2) is 4.61. The first-order valence-electron chi connectivity index (χ1n) is 3.68. The van der Waals surface area contributed by atoms with Crippen molar-refractivity contribution in [3.05, 3.63) is 33.8 Å². The van der Waals surface area contributed by atoms with Crippen molar-refractivity contribution in [2.45, 2.75) is 6.10 Å². The van der Waals surface area contributed by atoms with Crippen LogP contribution in [0.3, 0.4) is 0 Å². The molecule has 1 atom stereocenters. The molecule has 2 nitrogen and oxygen atoms in total. The van der Waals surface area contributed by atoms with Gasteiger partial charge in [0.1, 0.15) is 6.10 Å². The third-order valence-corrected chi connectivity index (χ3v) is 2.35. The highest BCUT2D eigenvalue weighted by Gasteiger charge is 2.14. The summed E-state index contributed by atoms with van der Waals surface area (Å²) >= 11 is 11.8. The first-order valence-corrected chi connectivity index (χ1v) is 4.43. The number of rotatable bonds is 3. The van der Waals surface area contributed by atoms with Crippen LogP contribution in [0.15, 0.2) is 18.2 Å². The quantitative estimate of drug-likeness (QED) is 0.775. The van der Waals surface area contributed by atoms with Gasteiger partial charge in [0.25, 0.3) is 0 Å². The first kappa shape index (κ1) is 10.5. The highest BCUT2D eigenvalue weighted by molar-refractivity contribution is 6.36. The van der Waals surface area contributed by atoms with E-state index in [-0.39, 0.29) is 0 Å². The lowest BCUT2D eigenvalue weighted by atomic mass is 10.1. The Bertz CT molecular complexity index is 294. The Balaban J connectivity index is 3.17. The molecule has 0 saturated carbocycles. The molecule has 70 valence electrons. The molecule has 1 aromatic rings. The molecule has 13 heavy (non-hydrogen) atoms. The van der Waals surface area contributed by atoms with Gasteiger partial charge in [0.15, 0.2) is 0 Å². The summed E-state index contributed by atoms with van der Waals surface area (Å²) in [5, 5.41) is 8.16. The number of hydrogen-bond acceptors (Lipinski definition) is 2. The predicted octanol–water partition coefficient (Wildman–Crippen LogP) is 3.33. The Morgan fingerprint density at radius 3 is 2.31 bits per heavy atom. The van der Waals surface area contributed by atoms with Gasteiger partial charge in [-0.05, 0) is 12.1 Å². The maximum absolute atomic E-state index is 7.12. The molecule has 0 radical (unpaired) electrons. The van der Waals surface area contributed by atoms with Crippen molar-refractivity contribution >= 4 is 29.4 Å². The van der Waals surface area contributed by atoms with Crippen molar-refractivity contribution in [1.82, 2.24) is 0 Å². The Kier molecular flexibility index (Phi) is 3.72. The number of benzene rings is 1. The fraction of sp³-hybridized carbons (Fsp3) is 0.222. The van der Waals surface area contributed by atoms with Crippen molar-refractivity contribution in [1.29, 1.82) is 5.41 Å². The number of hydrogen-bond donors (Lipinski definition) is 1. The fourth-order valence-corrected chi connectivity index (χ4v) is 1.66. The van der Waals surface area contributed by atoms with Crippen molar-refractivity contribution in [3.8, 4) is 0 Å². The molecule has 4 heteroatoms. The zero-order valence-corrected chi connectivity index (χ0v) is 8.56. The summed E-state index contributed by atoms with van der Waals surface area (Å²) in [4.78, 5) is 0. The number of ether oxygens (including phenoxy) is 1. The Morgan fingerprint density at radius 1 is 1.38 bits per heavy atom. The Labute approximate surface area is 86.9 Å². The van der Waals surface area contributed by atoms with E-state index in [1.165, 1.54) is 7.11 Å². The van der Waals surface area contributed by atoms with E-state index in [4.69, 9.17) is 33.3 Å². The third-order valence-electron chi connectivity index (χ3n) is 1.69. The maximum atomic E-state index is 7.12. The van der Waals surface area contributed by atoms with Gasteiger partial charge in [0, 0.05) is 28.9 Å². The minimum absolute atomic E-state index is 0.471. The minimum atomic E-state index is -0.471. The highest BCUT2D eigenvalue weighted by atomic mass is 35.5. The average molecular weight is 218 g/mol.